The summed E-state index contributed by atoms with van der Waals surface area (Å²) in [6, 6.07) is 0. The molecule has 1 rings (SSSR count). The third kappa shape index (κ3) is 3.01. The maximum atomic E-state index is 10.8. The Kier molecular flexibility index (Phi) is 3.84. The lowest BCUT2D eigenvalue weighted by molar-refractivity contribution is -0.116. The van der Waals surface area contributed by atoms with E-state index in [4.69, 9.17) is 0 Å². The number of aromatic nitrogens is 3. The van der Waals surface area contributed by atoms with Gasteiger partial charge in [0.15, 0.2) is 0 Å². The number of amides is 1. The first-order chi connectivity index (χ1) is 6.74. The van der Waals surface area contributed by atoms with Gasteiger partial charge in [-0.05, 0) is 19.4 Å². The molecule has 1 N–H and O–H groups in total. The summed E-state index contributed by atoms with van der Waals surface area (Å²) < 4.78 is 1.94. The molecule has 0 saturated carbocycles. The molecule has 1 aromatic heterocycles. The van der Waals surface area contributed by atoms with Gasteiger partial charge in [-0.25, -0.2) is 0 Å². The standard InChI is InChI=1S/C9H14N4O/c1-8-12-11-7-13(8)6-4-3-5-9(14)10-2/h3,5,7H,4,6H2,1-2H3,(H,10,14)/b5-3+. The number of nitrogens with zero attached hydrogens (tertiary/aromatic N) is 3. The highest BCUT2D eigenvalue weighted by Gasteiger charge is 1.95. The van der Waals surface area contributed by atoms with E-state index < -0.39 is 0 Å². The summed E-state index contributed by atoms with van der Waals surface area (Å²) in [7, 11) is 1.61. The maximum absolute atomic E-state index is 10.8. The van der Waals surface area contributed by atoms with E-state index >= 15 is 0 Å². The van der Waals surface area contributed by atoms with Gasteiger partial charge in [0.25, 0.3) is 0 Å². The molecular weight excluding hydrogens is 180 g/mol. The lowest BCUT2D eigenvalue weighted by Gasteiger charge is -1.99. The van der Waals surface area contributed by atoms with Crippen LogP contribution in [0.3, 0.4) is 0 Å². The second-order valence-electron chi connectivity index (χ2n) is 2.88. The van der Waals surface area contributed by atoms with Gasteiger partial charge in [0.1, 0.15) is 12.2 Å². The van der Waals surface area contributed by atoms with Crippen LogP contribution in [0.15, 0.2) is 18.5 Å². The van der Waals surface area contributed by atoms with Crippen molar-refractivity contribution in [3.05, 3.63) is 24.3 Å². The molecule has 0 aliphatic carbocycles. The molecule has 0 aliphatic heterocycles. The number of likely N-dealkylation sites (N-methyl/N-ethyl adjacent to an activating group) is 1. The Labute approximate surface area is 82.8 Å². The predicted octanol–water partition coefficient (Wildman–Crippen LogP) is 0.279. The predicted molar refractivity (Wildman–Crippen MR) is 52.6 cm³/mol. The van der Waals surface area contributed by atoms with Gasteiger partial charge < -0.3 is 9.88 Å². The fourth-order valence-corrected chi connectivity index (χ4v) is 1.02. The number of carbonyl (C=O) groups excluding carboxylic acids is 1. The van der Waals surface area contributed by atoms with Crippen LogP contribution in [0.25, 0.3) is 0 Å². The highest BCUT2D eigenvalue weighted by atomic mass is 16.1. The Balaban J connectivity index is 2.32. The lowest BCUT2D eigenvalue weighted by Crippen LogP contribution is -2.14. The quantitative estimate of drug-likeness (QED) is 0.700. The maximum Gasteiger partial charge on any atom is 0.243 e. The van der Waals surface area contributed by atoms with E-state index in [2.05, 4.69) is 15.5 Å². The molecule has 0 saturated heterocycles. The zero-order chi connectivity index (χ0) is 10.4. The highest BCUT2D eigenvalue weighted by molar-refractivity contribution is 5.87. The fourth-order valence-electron chi connectivity index (χ4n) is 1.02. The highest BCUT2D eigenvalue weighted by Crippen LogP contribution is 1.95. The van der Waals surface area contributed by atoms with Crippen molar-refractivity contribution in [2.75, 3.05) is 7.05 Å². The van der Waals surface area contributed by atoms with Gasteiger partial charge in [-0.2, -0.15) is 0 Å². The first-order valence-corrected chi connectivity index (χ1v) is 4.46. The van der Waals surface area contributed by atoms with E-state index in [1.54, 1.807) is 13.4 Å². The average molecular weight is 194 g/mol. The van der Waals surface area contributed by atoms with E-state index in [1.165, 1.54) is 6.08 Å². The van der Waals surface area contributed by atoms with E-state index in [9.17, 15) is 4.79 Å². The van der Waals surface area contributed by atoms with Crippen molar-refractivity contribution >= 4 is 5.91 Å². The summed E-state index contributed by atoms with van der Waals surface area (Å²) in [5.74, 6) is 0.809. The number of hydrogen-bond acceptors (Lipinski definition) is 3. The molecule has 0 spiro atoms. The molecule has 1 heterocycles. The second-order valence-corrected chi connectivity index (χ2v) is 2.88. The van der Waals surface area contributed by atoms with Crippen LogP contribution in [-0.2, 0) is 11.3 Å². The molecule has 1 aromatic rings. The van der Waals surface area contributed by atoms with Crippen molar-refractivity contribution in [2.24, 2.45) is 0 Å². The molecule has 5 heteroatoms. The van der Waals surface area contributed by atoms with E-state index in [-0.39, 0.29) is 5.91 Å². The Bertz CT molecular complexity index is 329. The first kappa shape index (κ1) is 10.4. The molecule has 5 nitrogen and oxygen atoms in total. The smallest absolute Gasteiger partial charge is 0.243 e. The summed E-state index contributed by atoms with van der Waals surface area (Å²) in [6.07, 6.45) is 5.84. The number of hydrogen-bond donors (Lipinski definition) is 1. The van der Waals surface area contributed by atoms with Crippen LogP contribution in [0.2, 0.25) is 0 Å². The van der Waals surface area contributed by atoms with Crippen LogP contribution >= 0.6 is 0 Å². The van der Waals surface area contributed by atoms with Crippen LogP contribution < -0.4 is 5.32 Å². The number of rotatable bonds is 4. The Morgan fingerprint density at radius 2 is 2.50 bits per heavy atom. The zero-order valence-corrected chi connectivity index (χ0v) is 8.40. The summed E-state index contributed by atoms with van der Waals surface area (Å²) >= 11 is 0. The van der Waals surface area contributed by atoms with Crippen LogP contribution in [0.1, 0.15) is 12.2 Å². The van der Waals surface area contributed by atoms with Crippen LogP contribution in [0, 0.1) is 6.92 Å². The van der Waals surface area contributed by atoms with Crippen molar-refractivity contribution < 1.29 is 4.79 Å². The third-order valence-electron chi connectivity index (χ3n) is 1.86. The van der Waals surface area contributed by atoms with Gasteiger partial charge in [0, 0.05) is 13.6 Å². The van der Waals surface area contributed by atoms with Crippen molar-refractivity contribution in [1.29, 1.82) is 0 Å². The molecule has 14 heavy (non-hydrogen) atoms. The molecule has 0 radical (unpaired) electrons. The Morgan fingerprint density at radius 1 is 1.71 bits per heavy atom. The van der Waals surface area contributed by atoms with Crippen molar-refractivity contribution in [3.63, 3.8) is 0 Å². The Hall–Kier alpha value is -1.65. The zero-order valence-electron chi connectivity index (χ0n) is 8.40. The molecule has 0 fully saturated rings. The summed E-state index contributed by atoms with van der Waals surface area (Å²) in [6.45, 7) is 2.70. The summed E-state index contributed by atoms with van der Waals surface area (Å²) in [4.78, 5) is 10.8. The fraction of sp³-hybridized carbons (Fsp3) is 0.444. The van der Waals surface area contributed by atoms with Crippen molar-refractivity contribution in [1.82, 2.24) is 20.1 Å². The third-order valence-corrected chi connectivity index (χ3v) is 1.86. The topological polar surface area (TPSA) is 59.8 Å². The Morgan fingerprint density at radius 3 is 3.07 bits per heavy atom. The number of carbonyl (C=O) groups is 1. The molecule has 76 valence electrons. The van der Waals surface area contributed by atoms with Crippen LogP contribution in [0.4, 0.5) is 0 Å². The molecule has 0 aliphatic rings. The number of aryl methyl sites for hydroxylation is 2. The second kappa shape index (κ2) is 5.16. The van der Waals surface area contributed by atoms with Gasteiger partial charge in [-0.3, -0.25) is 4.79 Å². The van der Waals surface area contributed by atoms with Gasteiger partial charge in [-0.15, -0.1) is 10.2 Å². The minimum atomic E-state index is -0.0783. The van der Waals surface area contributed by atoms with Gasteiger partial charge in [0.2, 0.25) is 5.91 Å². The SMILES string of the molecule is CNC(=O)/C=C/CCn1cnnc1C. The minimum absolute atomic E-state index is 0.0783. The molecule has 0 unspecified atom stereocenters. The van der Waals surface area contributed by atoms with Crippen LogP contribution in [0.5, 0.6) is 0 Å². The summed E-state index contributed by atoms with van der Waals surface area (Å²) in [5, 5.41) is 10.1. The van der Waals surface area contributed by atoms with E-state index in [0.29, 0.717) is 0 Å². The van der Waals surface area contributed by atoms with Gasteiger partial charge in [-0.1, -0.05) is 6.08 Å². The first-order valence-electron chi connectivity index (χ1n) is 4.46. The normalized spacial score (nSPS) is 10.7. The van der Waals surface area contributed by atoms with Gasteiger partial charge >= 0.3 is 0 Å². The molecule has 0 aromatic carbocycles. The molecule has 1 amide bonds. The van der Waals surface area contributed by atoms with Gasteiger partial charge in [0.05, 0.1) is 0 Å². The van der Waals surface area contributed by atoms with E-state index in [0.717, 1.165) is 18.8 Å². The number of nitrogens with one attached hydrogen (secondary N) is 1. The van der Waals surface area contributed by atoms with E-state index in [1.807, 2.05) is 17.6 Å². The minimum Gasteiger partial charge on any atom is -0.356 e. The average Bonchev–Trinajstić information content (AvgIpc) is 2.58. The lowest BCUT2D eigenvalue weighted by atomic mass is 10.3. The van der Waals surface area contributed by atoms with Crippen molar-refractivity contribution in [3.8, 4) is 0 Å². The number of allylic oxidation sites excluding steroid dienone is 1. The van der Waals surface area contributed by atoms with Crippen molar-refractivity contribution in [2.45, 2.75) is 19.9 Å². The molecular formula is C9H14N4O. The molecule has 0 bridgehead atoms. The molecule has 0 atom stereocenters. The van der Waals surface area contributed by atoms with Crippen LogP contribution in [-0.4, -0.2) is 27.7 Å². The largest absolute Gasteiger partial charge is 0.356 e. The summed E-state index contributed by atoms with van der Waals surface area (Å²) in [5.41, 5.74) is 0. The monoisotopic (exact) mass is 194 g/mol.